The van der Waals surface area contributed by atoms with Crippen molar-refractivity contribution in [3.05, 3.63) is 259 Å². The molecule has 23 nitrogen and oxygen atoms in total. The second-order valence-corrected chi connectivity index (χ2v) is 46.2. The van der Waals surface area contributed by atoms with Crippen molar-refractivity contribution in [3.8, 4) is 11.5 Å². The van der Waals surface area contributed by atoms with Gasteiger partial charge in [-0.1, -0.05) is 172 Å². The lowest BCUT2D eigenvalue weighted by Gasteiger charge is -2.39. The van der Waals surface area contributed by atoms with Crippen LogP contribution >= 0.6 is 0 Å². The van der Waals surface area contributed by atoms with Crippen molar-refractivity contribution < 1.29 is 158 Å². The summed E-state index contributed by atoms with van der Waals surface area (Å²) in [5, 5.41) is -15.7. The van der Waals surface area contributed by atoms with E-state index in [1.54, 1.807) is 24.3 Å². The maximum atomic E-state index is 12.4. The lowest BCUT2D eigenvalue weighted by Crippen LogP contribution is -2.39. The first-order valence-electron chi connectivity index (χ1n) is 43.6. The minimum absolute atomic E-state index is 0.0501. The largest absolute Gasteiger partial charge is 0.743 e. The molecule has 3 saturated carbocycles. The van der Waals surface area contributed by atoms with Gasteiger partial charge in [-0.25, -0.2) is 54.0 Å². The normalized spacial score (nSPS) is 18.1. The predicted octanol–water partition coefficient (Wildman–Crippen LogP) is 21.5. The first kappa shape index (κ1) is 117. The molecule has 41 heteroatoms. The van der Waals surface area contributed by atoms with Crippen LogP contribution in [0.4, 0.5) is 52.7 Å². The van der Waals surface area contributed by atoms with Crippen molar-refractivity contribution in [1.82, 2.24) is 0 Å². The number of esters is 6. The molecule has 6 atom stereocenters. The van der Waals surface area contributed by atoms with Gasteiger partial charge in [0.1, 0.15) is 11.5 Å². The Morgan fingerprint density at radius 2 is 0.489 bits per heavy atom. The van der Waals surface area contributed by atoms with Crippen LogP contribution in [-0.4, -0.2) is 157 Å². The highest BCUT2D eigenvalue weighted by molar-refractivity contribution is 7.97. The summed E-state index contributed by atoms with van der Waals surface area (Å²) in [5.41, 5.74) is 5.94. The number of carbonyl (C=O) groups excluding carboxylic acids is 6. The molecule has 0 spiro atoms. The fourth-order valence-corrected chi connectivity index (χ4v) is 23.7. The highest BCUT2D eigenvalue weighted by atomic mass is 32.2. The van der Waals surface area contributed by atoms with E-state index < -0.39 is 138 Å². The van der Waals surface area contributed by atoms with E-state index in [0.29, 0.717) is 34.0 Å². The van der Waals surface area contributed by atoms with Gasteiger partial charge in [-0.05, 0) is 260 Å². The summed E-state index contributed by atoms with van der Waals surface area (Å²) >= 11 is 0. The molecule has 0 saturated heterocycles. The van der Waals surface area contributed by atoms with E-state index in [0.717, 1.165) is 53.8 Å². The summed E-state index contributed by atoms with van der Waals surface area (Å²) in [7, 11) is -16.6. The minimum atomic E-state index is -6.17. The second-order valence-electron chi connectivity index (χ2n) is 35.8. The predicted molar refractivity (Wildman–Crippen MR) is 499 cm³/mol. The number of alkyl halides is 12. The molecule has 0 aliphatic heterocycles. The molecule has 3 fully saturated rings. The minimum Gasteiger partial charge on any atom is -0.743 e. The number of rotatable bonds is 28. The zero-order valence-electron chi connectivity index (χ0n) is 78.8. The quantitative estimate of drug-likeness (QED) is 0.0144. The van der Waals surface area contributed by atoms with Crippen LogP contribution in [0.1, 0.15) is 155 Å². The van der Waals surface area contributed by atoms with Gasteiger partial charge in [-0.2, -0.15) is 52.7 Å². The third kappa shape index (κ3) is 36.6. The monoisotopic (exact) mass is 2100 g/mol. The molecule has 9 aromatic carbocycles. The highest BCUT2D eigenvalue weighted by Gasteiger charge is 2.51. The molecule has 0 N–H and O–H groups in total. The van der Waals surface area contributed by atoms with Crippen LogP contribution in [0, 0.1) is 34.0 Å². The molecule has 0 amide bonds. The molecular formula is C100H110F12O23S6. The summed E-state index contributed by atoms with van der Waals surface area (Å²) in [5.74, 6) is -6.71. The van der Waals surface area contributed by atoms with Gasteiger partial charge >= 0.3 is 63.9 Å². The van der Waals surface area contributed by atoms with E-state index >= 15 is 0 Å². The van der Waals surface area contributed by atoms with Crippen molar-refractivity contribution in [2.45, 2.75) is 210 Å². The summed E-state index contributed by atoms with van der Waals surface area (Å²) in [6, 6.07) is 84.0. The van der Waals surface area contributed by atoms with Crippen LogP contribution in [0.15, 0.2) is 287 Å². The lowest BCUT2D eigenvalue weighted by atomic mass is 9.66. The first-order valence-corrected chi connectivity index (χ1v) is 51.5. The van der Waals surface area contributed by atoms with Crippen LogP contribution in [0.25, 0.3) is 0 Å². The number of carbonyl (C=O) groups is 6. The molecule has 0 bridgehead atoms. The number of ether oxygens (including phenoxy) is 8. The molecule has 0 aromatic heterocycles. The SMILES string of the molecule is CC1CC(c2ccc([S+](c3ccccc3)c3ccc(C4CC(C)CC(C)(C)C4)cc3)cc2)CC(C)(C)C1.CC1CC(c2ccc([S+](c3ccccc3)c3ccccc3)cc2)CC(C)(C)C1.COC(=O)COC(=O)C(F)(F)S(=O)(=O)[O-].COC(=O)COC(=O)C(F)(F)S(=O)(=O)[O-].COC(=O)COC(=O)C(F)(F)S(=O)(=O)[O-].FC(F)(F)COc1ccc([S+](c2ccccc2)c2ccc(OCC(F)(F)F)cc2)cc1. The fraction of sp³-hybridized carbons (Fsp3) is 0.400. The van der Waals surface area contributed by atoms with Crippen molar-refractivity contribution in [2.75, 3.05) is 54.4 Å². The van der Waals surface area contributed by atoms with E-state index in [1.165, 1.54) is 128 Å². The van der Waals surface area contributed by atoms with Gasteiger partial charge in [0.15, 0.2) is 107 Å². The molecule has 768 valence electrons. The molecule has 0 heterocycles. The lowest BCUT2D eigenvalue weighted by molar-refractivity contribution is -0.168. The van der Waals surface area contributed by atoms with Gasteiger partial charge in [-0.3, -0.25) is 0 Å². The van der Waals surface area contributed by atoms with Crippen LogP contribution in [0.2, 0.25) is 0 Å². The summed E-state index contributed by atoms with van der Waals surface area (Å²) in [4.78, 5) is 73.1. The van der Waals surface area contributed by atoms with Gasteiger partial charge in [0.05, 0.1) is 54.0 Å². The number of benzene rings is 9. The fourth-order valence-electron chi connectivity index (χ4n) is 16.7. The van der Waals surface area contributed by atoms with Crippen LogP contribution in [0.5, 0.6) is 11.5 Å². The third-order valence-electron chi connectivity index (χ3n) is 22.1. The van der Waals surface area contributed by atoms with E-state index in [1.807, 2.05) is 30.3 Å². The zero-order valence-corrected chi connectivity index (χ0v) is 83.7. The number of halogens is 12. The Hall–Kier alpha value is -10.7. The van der Waals surface area contributed by atoms with Crippen molar-refractivity contribution in [2.24, 2.45) is 34.0 Å². The average molecular weight is 2100 g/mol. The van der Waals surface area contributed by atoms with Crippen molar-refractivity contribution >= 4 is 98.9 Å². The average Bonchev–Trinajstić information content (AvgIpc) is 0.773. The van der Waals surface area contributed by atoms with E-state index in [2.05, 4.69) is 255 Å². The van der Waals surface area contributed by atoms with Crippen molar-refractivity contribution in [3.63, 3.8) is 0 Å². The molecule has 141 heavy (non-hydrogen) atoms. The van der Waals surface area contributed by atoms with Crippen LogP contribution in [0.3, 0.4) is 0 Å². The standard InChI is InChI=1S/C36H47S.C27H31S.C22H17F6O2S.3C5H6F2O7S/c1-26-20-30(24-35(3,4)22-26)28-12-16-33(17-13-28)37(32-10-8-7-9-11-32)34-18-14-29(15-19-34)31-21-27(2)23-36(5,6)25-31;1-21-18-23(20-27(2,3)19-21)22-14-16-26(17-15-22)28(24-10-6-4-7-11-24)25-12-8-5-9-13-25;23-21(24,25)14-29-16-6-10-19(11-7-16)31(18-4-2-1-3-5-18)20-12-8-17(9-13-20)30-15-22(26,27)28;3*1-13-3(8)2-14-4(9)5(6,7)15(10,11)12/h7-19,26-27,30-31H,20-25H2,1-6H3;4-17,21,23H,18-20H2,1-3H3;1-13H,14-15H2;3*2H2,1H3,(H,10,11,12)/q3*+1;;;/p-3. The molecule has 6 unspecified atom stereocenters. The molecule has 0 radical (unpaired) electrons. The van der Waals surface area contributed by atoms with Crippen molar-refractivity contribution in [1.29, 1.82) is 0 Å². The Morgan fingerprint density at radius 3 is 0.660 bits per heavy atom. The molecular weight excluding hydrogens is 1990 g/mol. The van der Waals surface area contributed by atoms with Crippen LogP contribution < -0.4 is 9.47 Å². The number of hydrogen-bond donors (Lipinski definition) is 0. The topological polar surface area (TPSA) is 348 Å². The maximum absolute atomic E-state index is 12.4. The van der Waals surface area contributed by atoms with E-state index in [9.17, 15) is 120 Å². The Labute approximate surface area is 821 Å². The van der Waals surface area contributed by atoms with E-state index in [4.69, 9.17) is 9.47 Å². The summed E-state index contributed by atoms with van der Waals surface area (Å²) < 4.78 is 269. The molecule has 3 aliphatic carbocycles. The number of methoxy groups -OCH3 is 3. The molecule has 12 rings (SSSR count). The number of hydrogen-bond acceptors (Lipinski definition) is 23. The Morgan fingerprint density at radius 1 is 0.305 bits per heavy atom. The third-order valence-corrected chi connectivity index (χ3v) is 31.1. The molecule has 9 aromatic rings. The smallest absolute Gasteiger partial charge is 0.428 e. The molecule has 3 aliphatic rings. The van der Waals surface area contributed by atoms with Gasteiger partial charge in [-0.15, -0.1) is 0 Å². The van der Waals surface area contributed by atoms with Gasteiger partial charge in [0.2, 0.25) is 0 Å². The highest BCUT2D eigenvalue weighted by Crippen LogP contribution is 2.50. The Balaban J connectivity index is 0.000000239. The van der Waals surface area contributed by atoms with Crippen LogP contribution in [-0.2, 0) is 120 Å². The Bertz CT molecular complexity index is 5550. The maximum Gasteiger partial charge on any atom is 0.428 e. The zero-order chi connectivity index (χ0) is 105. The van der Waals surface area contributed by atoms with Gasteiger partial charge in [0.25, 0.3) is 0 Å². The van der Waals surface area contributed by atoms with Gasteiger partial charge < -0.3 is 51.6 Å². The second kappa shape index (κ2) is 51.0. The first-order chi connectivity index (χ1) is 65.6. The van der Waals surface area contributed by atoms with Gasteiger partial charge in [0, 0.05) is 0 Å². The van der Waals surface area contributed by atoms with E-state index in [-0.39, 0.29) is 33.3 Å². The summed E-state index contributed by atoms with van der Waals surface area (Å²) in [6.45, 7) is 15.6. The summed E-state index contributed by atoms with van der Waals surface area (Å²) in [6.07, 6.45) is 3.10. The Kier molecular flexibility index (Phi) is 42.4.